The Morgan fingerprint density at radius 3 is 2.40 bits per heavy atom. The number of aromatic nitrogens is 2. The molecule has 2 nitrogen and oxygen atoms in total. The van der Waals surface area contributed by atoms with Crippen molar-refractivity contribution >= 4 is 15.9 Å². The molecule has 1 aromatic heterocycles. The van der Waals surface area contributed by atoms with Crippen LogP contribution in [0.1, 0.15) is 25.3 Å². The van der Waals surface area contributed by atoms with E-state index in [0.29, 0.717) is 5.92 Å². The van der Waals surface area contributed by atoms with Gasteiger partial charge in [0, 0.05) is 18.8 Å². The van der Waals surface area contributed by atoms with E-state index < -0.39 is 0 Å². The van der Waals surface area contributed by atoms with Gasteiger partial charge < -0.3 is 0 Å². The molecule has 0 bridgehead atoms. The summed E-state index contributed by atoms with van der Waals surface area (Å²) in [6.07, 6.45) is 2.04. The summed E-state index contributed by atoms with van der Waals surface area (Å²) in [7, 11) is 1.93. The standard InChI is InChI=1S/C7H11BrN2/c1-5(2)6-4-10(3)9-7(6)8/h4-5H,1-3H3. The maximum Gasteiger partial charge on any atom is 0.131 e. The molecule has 3 heteroatoms. The van der Waals surface area contributed by atoms with Gasteiger partial charge in [0.25, 0.3) is 0 Å². The minimum Gasteiger partial charge on any atom is -0.274 e. The molecule has 1 aromatic rings. The van der Waals surface area contributed by atoms with Crippen LogP contribution in [0.4, 0.5) is 0 Å². The molecule has 0 N–H and O–H groups in total. The van der Waals surface area contributed by atoms with E-state index in [-0.39, 0.29) is 0 Å². The van der Waals surface area contributed by atoms with Crippen molar-refractivity contribution in [3.8, 4) is 0 Å². The predicted octanol–water partition coefficient (Wildman–Crippen LogP) is 2.31. The van der Waals surface area contributed by atoms with Crippen LogP contribution < -0.4 is 0 Å². The monoisotopic (exact) mass is 202 g/mol. The third kappa shape index (κ3) is 1.40. The van der Waals surface area contributed by atoms with Crippen LogP contribution in [0.5, 0.6) is 0 Å². The van der Waals surface area contributed by atoms with E-state index in [1.165, 1.54) is 5.56 Å². The summed E-state index contributed by atoms with van der Waals surface area (Å²) in [6.45, 7) is 4.31. The molecule has 0 aliphatic carbocycles. The summed E-state index contributed by atoms with van der Waals surface area (Å²) < 4.78 is 2.78. The second kappa shape index (κ2) is 2.74. The van der Waals surface area contributed by atoms with Crippen LogP contribution in [-0.2, 0) is 7.05 Å². The van der Waals surface area contributed by atoms with Gasteiger partial charge in [0.1, 0.15) is 4.60 Å². The summed E-state index contributed by atoms with van der Waals surface area (Å²) in [5.74, 6) is 0.545. The highest BCUT2D eigenvalue weighted by Gasteiger charge is 2.06. The van der Waals surface area contributed by atoms with Crippen molar-refractivity contribution in [1.82, 2.24) is 9.78 Å². The van der Waals surface area contributed by atoms with E-state index in [1.807, 2.05) is 17.9 Å². The van der Waals surface area contributed by atoms with E-state index in [0.717, 1.165) is 4.60 Å². The van der Waals surface area contributed by atoms with E-state index >= 15 is 0 Å². The first kappa shape index (κ1) is 7.79. The van der Waals surface area contributed by atoms with Crippen LogP contribution in [0.25, 0.3) is 0 Å². The lowest BCUT2D eigenvalue weighted by molar-refractivity contribution is 0.759. The summed E-state index contributed by atoms with van der Waals surface area (Å²) in [4.78, 5) is 0. The zero-order valence-corrected chi connectivity index (χ0v) is 8.01. The fourth-order valence-corrected chi connectivity index (χ4v) is 1.68. The van der Waals surface area contributed by atoms with Crippen LogP contribution in [0, 0.1) is 0 Å². The molecule has 0 saturated carbocycles. The van der Waals surface area contributed by atoms with E-state index in [4.69, 9.17) is 0 Å². The Morgan fingerprint density at radius 1 is 1.60 bits per heavy atom. The Labute approximate surface area is 69.4 Å². The molecular formula is C7H11BrN2. The molecule has 0 aromatic carbocycles. The highest BCUT2D eigenvalue weighted by molar-refractivity contribution is 9.10. The van der Waals surface area contributed by atoms with Gasteiger partial charge in [0.2, 0.25) is 0 Å². The maximum atomic E-state index is 4.17. The predicted molar refractivity (Wildman–Crippen MR) is 45.0 cm³/mol. The van der Waals surface area contributed by atoms with Crippen molar-refractivity contribution < 1.29 is 0 Å². The van der Waals surface area contributed by atoms with E-state index in [9.17, 15) is 0 Å². The maximum absolute atomic E-state index is 4.17. The number of halogens is 1. The lowest BCUT2D eigenvalue weighted by Gasteiger charge is -1.98. The van der Waals surface area contributed by atoms with Gasteiger partial charge in [-0.05, 0) is 21.8 Å². The highest BCUT2D eigenvalue weighted by Crippen LogP contribution is 2.21. The molecule has 0 spiro atoms. The average molecular weight is 203 g/mol. The molecule has 1 heterocycles. The van der Waals surface area contributed by atoms with Crippen molar-refractivity contribution in [2.24, 2.45) is 7.05 Å². The van der Waals surface area contributed by atoms with E-state index in [1.54, 1.807) is 0 Å². The molecule has 0 radical (unpaired) electrons. The molecule has 0 atom stereocenters. The summed E-state index contributed by atoms with van der Waals surface area (Å²) >= 11 is 3.39. The van der Waals surface area contributed by atoms with Crippen molar-refractivity contribution in [3.63, 3.8) is 0 Å². The molecule has 10 heavy (non-hydrogen) atoms. The van der Waals surface area contributed by atoms with Gasteiger partial charge in [0.05, 0.1) is 0 Å². The van der Waals surface area contributed by atoms with Gasteiger partial charge in [-0.25, -0.2) is 0 Å². The second-order valence-electron chi connectivity index (χ2n) is 2.70. The first-order valence-corrected chi connectivity index (χ1v) is 4.09. The zero-order valence-electron chi connectivity index (χ0n) is 6.43. The molecule has 1 rings (SSSR count). The van der Waals surface area contributed by atoms with Crippen molar-refractivity contribution in [2.45, 2.75) is 19.8 Å². The SMILES string of the molecule is CC(C)c1cn(C)nc1Br. The molecular weight excluding hydrogens is 192 g/mol. The topological polar surface area (TPSA) is 17.8 Å². The lowest BCUT2D eigenvalue weighted by Crippen LogP contribution is -1.85. The minimum atomic E-state index is 0.545. The third-order valence-corrected chi connectivity index (χ3v) is 2.05. The van der Waals surface area contributed by atoms with Crippen LogP contribution in [-0.4, -0.2) is 9.78 Å². The van der Waals surface area contributed by atoms with Gasteiger partial charge >= 0.3 is 0 Å². The summed E-state index contributed by atoms with van der Waals surface area (Å²) in [5, 5.41) is 4.17. The molecule has 0 fully saturated rings. The van der Waals surface area contributed by atoms with Crippen molar-refractivity contribution in [1.29, 1.82) is 0 Å². The minimum absolute atomic E-state index is 0.545. The highest BCUT2D eigenvalue weighted by atomic mass is 79.9. The van der Waals surface area contributed by atoms with Gasteiger partial charge in [-0.3, -0.25) is 4.68 Å². The fraction of sp³-hybridized carbons (Fsp3) is 0.571. The van der Waals surface area contributed by atoms with Crippen molar-refractivity contribution in [2.75, 3.05) is 0 Å². The zero-order chi connectivity index (χ0) is 7.72. The Morgan fingerprint density at radius 2 is 2.20 bits per heavy atom. The largest absolute Gasteiger partial charge is 0.274 e. The molecule has 56 valence electrons. The van der Waals surface area contributed by atoms with E-state index in [2.05, 4.69) is 34.9 Å². The third-order valence-electron chi connectivity index (χ3n) is 1.43. The van der Waals surface area contributed by atoms with Gasteiger partial charge in [-0.15, -0.1) is 0 Å². The second-order valence-corrected chi connectivity index (χ2v) is 3.45. The first-order chi connectivity index (χ1) is 4.61. The van der Waals surface area contributed by atoms with Crippen LogP contribution in [0.2, 0.25) is 0 Å². The Bertz CT molecular complexity index is 228. The Balaban J connectivity index is 3.03. The quantitative estimate of drug-likeness (QED) is 0.684. The molecule has 0 aliphatic rings. The lowest BCUT2D eigenvalue weighted by atomic mass is 10.1. The summed E-state index contributed by atoms with van der Waals surface area (Å²) in [5.41, 5.74) is 1.27. The average Bonchev–Trinajstić information content (AvgIpc) is 2.10. The fourth-order valence-electron chi connectivity index (χ4n) is 0.867. The summed E-state index contributed by atoms with van der Waals surface area (Å²) in [6, 6.07) is 0. The first-order valence-electron chi connectivity index (χ1n) is 3.30. The molecule has 0 saturated heterocycles. The van der Waals surface area contributed by atoms with Crippen LogP contribution in [0.15, 0.2) is 10.8 Å². The normalized spacial score (nSPS) is 10.9. The number of hydrogen-bond acceptors (Lipinski definition) is 1. The van der Waals surface area contributed by atoms with Crippen molar-refractivity contribution in [3.05, 3.63) is 16.4 Å². The smallest absolute Gasteiger partial charge is 0.131 e. The molecule has 0 unspecified atom stereocenters. The molecule has 0 aliphatic heterocycles. The number of hydrogen-bond donors (Lipinski definition) is 0. The Kier molecular flexibility index (Phi) is 2.14. The van der Waals surface area contributed by atoms with Crippen LogP contribution in [0.3, 0.4) is 0 Å². The van der Waals surface area contributed by atoms with Gasteiger partial charge in [0.15, 0.2) is 0 Å². The number of rotatable bonds is 1. The number of aryl methyl sites for hydroxylation is 1. The number of nitrogens with zero attached hydrogens (tertiary/aromatic N) is 2. The van der Waals surface area contributed by atoms with Gasteiger partial charge in [-0.1, -0.05) is 13.8 Å². The van der Waals surface area contributed by atoms with Gasteiger partial charge in [-0.2, -0.15) is 5.10 Å². The van der Waals surface area contributed by atoms with Crippen LogP contribution >= 0.6 is 15.9 Å². The Hall–Kier alpha value is -0.310. The molecule has 0 amide bonds.